The van der Waals surface area contributed by atoms with E-state index >= 15 is 0 Å². The molecule has 0 spiro atoms. The van der Waals surface area contributed by atoms with Gasteiger partial charge in [0.15, 0.2) is 7.98 Å². The third-order valence-electron chi connectivity index (χ3n) is 9.37. The Labute approximate surface area is 300 Å². The first-order chi connectivity index (χ1) is 23.3. The lowest BCUT2D eigenvalue weighted by atomic mass is 10.00. The number of carbonyl (C=O) groups is 2. The molecule has 0 aliphatic carbocycles. The zero-order valence-corrected chi connectivity index (χ0v) is 32.3. The Morgan fingerprint density at radius 2 is 1.06 bits per heavy atom. The minimum absolute atomic E-state index is 0.109. The zero-order valence-electron chi connectivity index (χ0n) is 32.3. The standard InChI is InChI=1S/C42H78BNO4/c1-6-9-12-15-18-20-23-29-41(48-39(5)27-22-19-16-13-10-7-2)32-31-38(4)33-35-44(43)36-34-40(45)28-25-26-37-47-42(46)30-24-21-17-14-11-8-3/h41H,4-37H2,1-3H3. The number of rotatable bonds is 38. The molecule has 1 atom stereocenters. The molecule has 2 radical (unpaired) electrons. The van der Waals surface area contributed by atoms with Gasteiger partial charge >= 0.3 is 5.97 Å². The normalized spacial score (nSPS) is 11.9. The summed E-state index contributed by atoms with van der Waals surface area (Å²) in [5.74, 6) is 1.06. The van der Waals surface area contributed by atoms with Gasteiger partial charge in [-0.25, -0.2) is 0 Å². The summed E-state index contributed by atoms with van der Waals surface area (Å²) in [7, 11) is 6.23. The van der Waals surface area contributed by atoms with Crippen LogP contribution in [0.3, 0.4) is 0 Å². The van der Waals surface area contributed by atoms with Crippen LogP contribution in [0.2, 0.25) is 0 Å². The molecular formula is C42H78BNO4. The van der Waals surface area contributed by atoms with Gasteiger partial charge in [-0.3, -0.25) is 9.59 Å². The van der Waals surface area contributed by atoms with E-state index in [4.69, 9.17) is 17.5 Å². The summed E-state index contributed by atoms with van der Waals surface area (Å²) in [5.41, 5.74) is 1.19. The summed E-state index contributed by atoms with van der Waals surface area (Å²) in [6, 6.07) is 0. The summed E-state index contributed by atoms with van der Waals surface area (Å²) < 4.78 is 11.8. The summed E-state index contributed by atoms with van der Waals surface area (Å²) in [6.45, 7) is 17.0. The van der Waals surface area contributed by atoms with Crippen molar-refractivity contribution in [2.24, 2.45) is 0 Å². The number of hydrogen-bond acceptors (Lipinski definition) is 5. The van der Waals surface area contributed by atoms with E-state index in [1.807, 2.05) is 0 Å². The van der Waals surface area contributed by atoms with Crippen molar-refractivity contribution in [3.8, 4) is 0 Å². The number of unbranched alkanes of at least 4 members (excludes halogenated alkanes) is 17. The fourth-order valence-electron chi connectivity index (χ4n) is 6.02. The lowest BCUT2D eigenvalue weighted by Crippen LogP contribution is -2.25. The quantitative estimate of drug-likeness (QED) is 0.0215. The first-order valence-electron chi connectivity index (χ1n) is 20.5. The van der Waals surface area contributed by atoms with Crippen molar-refractivity contribution < 1.29 is 19.1 Å². The molecular weight excluding hydrogens is 593 g/mol. The Kier molecular flexibility index (Phi) is 34.1. The van der Waals surface area contributed by atoms with Gasteiger partial charge in [-0.2, -0.15) is 0 Å². The lowest BCUT2D eigenvalue weighted by molar-refractivity contribution is -0.143. The maximum atomic E-state index is 12.4. The van der Waals surface area contributed by atoms with E-state index in [1.54, 1.807) is 4.81 Å². The van der Waals surface area contributed by atoms with E-state index < -0.39 is 0 Å². The maximum Gasteiger partial charge on any atom is 0.305 e. The predicted octanol–water partition coefficient (Wildman–Crippen LogP) is 12.3. The van der Waals surface area contributed by atoms with E-state index in [0.717, 1.165) is 63.5 Å². The Hall–Kier alpha value is -1.56. The first kappa shape index (κ1) is 46.4. The van der Waals surface area contributed by atoms with Crippen molar-refractivity contribution in [2.45, 2.75) is 213 Å². The third kappa shape index (κ3) is 33.0. The molecule has 0 aliphatic heterocycles. The molecule has 48 heavy (non-hydrogen) atoms. The topological polar surface area (TPSA) is 55.8 Å². The van der Waals surface area contributed by atoms with Crippen LogP contribution < -0.4 is 0 Å². The van der Waals surface area contributed by atoms with Crippen molar-refractivity contribution in [3.05, 3.63) is 24.5 Å². The highest BCUT2D eigenvalue weighted by Crippen LogP contribution is 2.22. The zero-order chi connectivity index (χ0) is 35.5. The first-order valence-corrected chi connectivity index (χ1v) is 20.5. The average Bonchev–Trinajstić information content (AvgIpc) is 3.07. The monoisotopic (exact) mass is 672 g/mol. The van der Waals surface area contributed by atoms with Gasteiger partial charge in [0.2, 0.25) is 0 Å². The highest BCUT2D eigenvalue weighted by atomic mass is 16.5. The number of carbonyl (C=O) groups excluding carboxylic acids is 2. The van der Waals surface area contributed by atoms with Crippen LogP contribution in [-0.4, -0.2) is 50.3 Å². The van der Waals surface area contributed by atoms with Crippen LogP contribution in [0.4, 0.5) is 0 Å². The smallest absolute Gasteiger partial charge is 0.305 e. The van der Waals surface area contributed by atoms with Crippen molar-refractivity contribution in [1.29, 1.82) is 0 Å². The largest absolute Gasteiger partial charge is 0.495 e. The molecule has 0 bridgehead atoms. The fourth-order valence-corrected chi connectivity index (χ4v) is 6.02. The molecule has 0 N–H and O–H groups in total. The molecule has 0 fully saturated rings. The maximum absolute atomic E-state index is 12.4. The number of nitrogens with zero attached hydrogens (tertiary/aromatic N) is 1. The minimum Gasteiger partial charge on any atom is -0.495 e. The van der Waals surface area contributed by atoms with Crippen molar-refractivity contribution in [2.75, 3.05) is 19.7 Å². The third-order valence-corrected chi connectivity index (χ3v) is 9.37. The molecule has 0 aromatic heterocycles. The summed E-state index contributed by atoms with van der Waals surface area (Å²) in [5, 5.41) is 0. The molecule has 1 unspecified atom stereocenters. The second-order valence-electron chi connectivity index (χ2n) is 14.3. The van der Waals surface area contributed by atoms with Crippen LogP contribution in [0.15, 0.2) is 24.5 Å². The van der Waals surface area contributed by atoms with Crippen LogP contribution in [0.25, 0.3) is 0 Å². The molecule has 0 aliphatic rings. The average molecular weight is 672 g/mol. The predicted molar refractivity (Wildman–Crippen MR) is 207 cm³/mol. The second kappa shape index (κ2) is 35.3. The van der Waals surface area contributed by atoms with Crippen molar-refractivity contribution in [1.82, 2.24) is 4.81 Å². The Morgan fingerprint density at radius 1 is 0.562 bits per heavy atom. The molecule has 5 nitrogen and oxygen atoms in total. The lowest BCUT2D eigenvalue weighted by Gasteiger charge is -2.22. The molecule has 0 aromatic rings. The number of hydrogen-bond donors (Lipinski definition) is 0. The van der Waals surface area contributed by atoms with Gasteiger partial charge < -0.3 is 14.3 Å². The van der Waals surface area contributed by atoms with Crippen LogP contribution in [0.5, 0.6) is 0 Å². The van der Waals surface area contributed by atoms with Crippen LogP contribution in [0, 0.1) is 0 Å². The highest BCUT2D eigenvalue weighted by molar-refractivity contribution is 6.04. The van der Waals surface area contributed by atoms with Gasteiger partial charge in [-0.15, -0.1) is 0 Å². The van der Waals surface area contributed by atoms with Gasteiger partial charge in [0.05, 0.1) is 18.5 Å². The number of Topliss-reactive ketones (excluding diaryl/α,β-unsaturated/α-hetero) is 1. The Morgan fingerprint density at radius 3 is 1.67 bits per heavy atom. The molecule has 278 valence electrons. The second-order valence-corrected chi connectivity index (χ2v) is 14.3. The molecule has 0 saturated heterocycles. The molecule has 0 aromatic carbocycles. The molecule has 0 amide bonds. The summed E-state index contributed by atoms with van der Waals surface area (Å²) >= 11 is 0. The van der Waals surface area contributed by atoms with Crippen LogP contribution in [0.1, 0.15) is 207 Å². The van der Waals surface area contributed by atoms with E-state index in [1.165, 1.54) is 115 Å². The Balaban J connectivity index is 4.20. The van der Waals surface area contributed by atoms with E-state index in [2.05, 4.69) is 33.9 Å². The Bertz CT molecular complexity index is 786. The van der Waals surface area contributed by atoms with Gasteiger partial charge in [0.25, 0.3) is 0 Å². The van der Waals surface area contributed by atoms with Crippen molar-refractivity contribution in [3.63, 3.8) is 0 Å². The van der Waals surface area contributed by atoms with Gasteiger partial charge in [0.1, 0.15) is 5.78 Å². The molecule has 0 heterocycles. The molecule has 0 rings (SSSR count). The summed E-state index contributed by atoms with van der Waals surface area (Å²) in [4.78, 5) is 26.0. The SMILES string of the molecule is [B]N(CCC(=C)CCC(CCCCCCCCC)OC(=C)CCCCCCCC)CCC(=O)CCCCOC(=O)CCCCCCCC. The van der Waals surface area contributed by atoms with Gasteiger partial charge in [-0.1, -0.05) is 142 Å². The van der Waals surface area contributed by atoms with E-state index in [-0.39, 0.29) is 17.9 Å². The molecule has 6 heteroatoms. The highest BCUT2D eigenvalue weighted by Gasteiger charge is 2.13. The van der Waals surface area contributed by atoms with Gasteiger partial charge in [0, 0.05) is 25.7 Å². The number of allylic oxidation sites excluding steroid dienone is 1. The minimum atomic E-state index is -0.109. The van der Waals surface area contributed by atoms with Crippen molar-refractivity contribution >= 4 is 19.7 Å². The van der Waals surface area contributed by atoms with Gasteiger partial charge in [-0.05, 0) is 70.9 Å². The number of ether oxygens (including phenoxy) is 2. The number of esters is 1. The number of ketones is 1. The fraction of sp³-hybridized carbons (Fsp3) is 0.857. The summed E-state index contributed by atoms with van der Waals surface area (Å²) in [6.07, 6.45) is 31.8. The van der Waals surface area contributed by atoms with E-state index in [9.17, 15) is 9.59 Å². The van der Waals surface area contributed by atoms with Crippen LogP contribution >= 0.6 is 0 Å². The molecule has 0 saturated carbocycles. The van der Waals surface area contributed by atoms with E-state index in [0.29, 0.717) is 39.0 Å². The van der Waals surface area contributed by atoms with Crippen LogP contribution in [-0.2, 0) is 19.1 Å².